The number of hydrogen-bond acceptors (Lipinski definition) is 3. The van der Waals surface area contributed by atoms with Crippen LogP contribution in [0.4, 0.5) is 5.69 Å². The van der Waals surface area contributed by atoms with Gasteiger partial charge in [-0.15, -0.1) is 0 Å². The van der Waals surface area contributed by atoms with Crippen LogP contribution < -0.4 is 10.0 Å². The Hall–Kier alpha value is -3.12. The first-order chi connectivity index (χ1) is 14.7. The van der Waals surface area contributed by atoms with Gasteiger partial charge in [-0.3, -0.25) is 9.52 Å². The minimum atomic E-state index is -3.82. The molecule has 0 fully saturated rings. The van der Waals surface area contributed by atoms with Gasteiger partial charge in [0.25, 0.3) is 15.9 Å². The van der Waals surface area contributed by atoms with Gasteiger partial charge in [0.15, 0.2) is 0 Å². The molecule has 0 aliphatic rings. The molecule has 31 heavy (non-hydrogen) atoms. The van der Waals surface area contributed by atoms with Crippen molar-refractivity contribution < 1.29 is 13.2 Å². The van der Waals surface area contributed by atoms with E-state index in [1.54, 1.807) is 24.3 Å². The molecular weight excluding hydrogens is 408 g/mol. The molecule has 3 aromatic carbocycles. The first kappa shape index (κ1) is 22.6. The quantitative estimate of drug-likeness (QED) is 0.532. The summed E-state index contributed by atoms with van der Waals surface area (Å²) in [5.41, 5.74) is 3.96. The van der Waals surface area contributed by atoms with Crippen molar-refractivity contribution in [3.63, 3.8) is 0 Å². The molecule has 0 saturated heterocycles. The molecule has 6 heteroatoms. The van der Waals surface area contributed by atoms with Crippen LogP contribution in [0.1, 0.15) is 46.9 Å². The van der Waals surface area contributed by atoms with E-state index in [1.807, 2.05) is 64.1 Å². The summed E-state index contributed by atoms with van der Waals surface area (Å²) in [7, 11) is -3.82. The number of benzene rings is 3. The van der Waals surface area contributed by atoms with Crippen molar-refractivity contribution in [2.45, 2.75) is 38.6 Å². The van der Waals surface area contributed by atoms with Gasteiger partial charge in [-0.05, 0) is 61.2 Å². The highest BCUT2D eigenvalue weighted by Gasteiger charge is 2.22. The molecule has 0 spiro atoms. The second-order valence-electron chi connectivity index (χ2n) is 8.05. The zero-order valence-corrected chi connectivity index (χ0v) is 19.0. The summed E-state index contributed by atoms with van der Waals surface area (Å²) in [4.78, 5) is 13.0. The fourth-order valence-corrected chi connectivity index (χ4v) is 4.51. The lowest BCUT2D eigenvalue weighted by Gasteiger charge is -2.24. The van der Waals surface area contributed by atoms with Crippen LogP contribution in [-0.4, -0.2) is 14.3 Å². The predicted molar refractivity (Wildman–Crippen MR) is 125 cm³/mol. The maximum absolute atomic E-state index is 13.0. The molecule has 162 valence electrons. The van der Waals surface area contributed by atoms with E-state index in [0.717, 1.165) is 16.7 Å². The summed E-state index contributed by atoms with van der Waals surface area (Å²) in [5.74, 6) is -0.144. The van der Waals surface area contributed by atoms with Gasteiger partial charge >= 0.3 is 0 Å². The third-order valence-corrected chi connectivity index (χ3v) is 6.57. The minimum Gasteiger partial charge on any atom is -0.345 e. The zero-order valence-electron chi connectivity index (χ0n) is 18.2. The number of rotatable bonds is 7. The van der Waals surface area contributed by atoms with Crippen LogP contribution in [0.3, 0.4) is 0 Å². The molecule has 0 radical (unpaired) electrons. The molecule has 2 N–H and O–H groups in total. The highest BCUT2D eigenvalue weighted by Crippen LogP contribution is 2.25. The van der Waals surface area contributed by atoms with Gasteiger partial charge in [-0.25, -0.2) is 8.42 Å². The highest BCUT2D eigenvalue weighted by atomic mass is 32.2. The van der Waals surface area contributed by atoms with Gasteiger partial charge < -0.3 is 5.32 Å². The SMILES string of the molecule is Cc1ccc(NS(=O)(=O)c2cccc(C(=O)NC(c3ccccc3C)C(C)C)c2)cc1. The highest BCUT2D eigenvalue weighted by molar-refractivity contribution is 7.92. The van der Waals surface area contributed by atoms with E-state index in [1.165, 1.54) is 12.1 Å². The number of anilines is 1. The molecule has 1 amide bonds. The molecule has 1 atom stereocenters. The standard InChI is InChI=1S/C25H28N2O3S/c1-17(2)24(23-11-6-5-8-19(23)4)26-25(28)20-9-7-10-22(16-20)31(29,30)27-21-14-12-18(3)13-15-21/h5-17,24,27H,1-4H3,(H,26,28). The van der Waals surface area contributed by atoms with Crippen LogP contribution in [0.5, 0.6) is 0 Å². The smallest absolute Gasteiger partial charge is 0.261 e. The van der Waals surface area contributed by atoms with Gasteiger partial charge in [-0.2, -0.15) is 0 Å². The first-order valence-electron chi connectivity index (χ1n) is 10.2. The van der Waals surface area contributed by atoms with E-state index >= 15 is 0 Å². The average Bonchev–Trinajstić information content (AvgIpc) is 2.74. The molecule has 0 aliphatic carbocycles. The summed E-state index contributed by atoms with van der Waals surface area (Å²) < 4.78 is 28.2. The predicted octanol–water partition coefficient (Wildman–Crippen LogP) is 5.23. The topological polar surface area (TPSA) is 75.3 Å². The summed E-state index contributed by atoms with van der Waals surface area (Å²) in [6.45, 7) is 8.04. The fraction of sp³-hybridized carbons (Fsp3) is 0.240. The van der Waals surface area contributed by atoms with Crippen molar-refractivity contribution in [1.82, 2.24) is 5.32 Å². The molecule has 3 rings (SSSR count). The van der Waals surface area contributed by atoms with Crippen LogP contribution in [0, 0.1) is 19.8 Å². The van der Waals surface area contributed by atoms with Gasteiger partial charge in [0.2, 0.25) is 0 Å². The molecule has 5 nitrogen and oxygen atoms in total. The first-order valence-corrected chi connectivity index (χ1v) is 11.7. The van der Waals surface area contributed by atoms with E-state index in [4.69, 9.17) is 0 Å². The van der Waals surface area contributed by atoms with Crippen molar-refractivity contribution >= 4 is 21.6 Å². The molecular formula is C25H28N2O3S. The largest absolute Gasteiger partial charge is 0.345 e. The second kappa shape index (κ2) is 9.35. The molecule has 0 aliphatic heterocycles. The Morgan fingerprint density at radius 2 is 1.55 bits per heavy atom. The normalized spacial score (nSPS) is 12.4. The van der Waals surface area contributed by atoms with Crippen LogP contribution in [0.2, 0.25) is 0 Å². The van der Waals surface area contributed by atoms with E-state index in [0.29, 0.717) is 11.3 Å². The van der Waals surface area contributed by atoms with Crippen LogP contribution in [0.15, 0.2) is 77.7 Å². The summed E-state index contributed by atoms with van der Waals surface area (Å²) >= 11 is 0. The lowest BCUT2D eigenvalue weighted by Crippen LogP contribution is -2.32. The van der Waals surface area contributed by atoms with Crippen LogP contribution in [0.25, 0.3) is 0 Å². The van der Waals surface area contributed by atoms with Crippen molar-refractivity contribution in [3.8, 4) is 0 Å². The van der Waals surface area contributed by atoms with Crippen molar-refractivity contribution in [2.24, 2.45) is 5.92 Å². The maximum Gasteiger partial charge on any atom is 0.261 e. The molecule has 0 saturated carbocycles. The fourth-order valence-electron chi connectivity index (χ4n) is 3.40. The van der Waals surface area contributed by atoms with Gasteiger partial charge in [0.05, 0.1) is 10.9 Å². The van der Waals surface area contributed by atoms with E-state index < -0.39 is 10.0 Å². The number of nitrogens with one attached hydrogen (secondary N) is 2. The zero-order chi connectivity index (χ0) is 22.6. The molecule has 0 heterocycles. The summed E-state index contributed by atoms with van der Waals surface area (Å²) in [5, 5.41) is 3.07. The monoisotopic (exact) mass is 436 g/mol. The van der Waals surface area contributed by atoms with E-state index in [-0.39, 0.29) is 22.8 Å². The molecule has 0 bridgehead atoms. The van der Waals surface area contributed by atoms with Crippen LogP contribution >= 0.6 is 0 Å². The lowest BCUT2D eigenvalue weighted by atomic mass is 9.92. The summed E-state index contributed by atoms with van der Waals surface area (Å²) in [6.07, 6.45) is 0. The van der Waals surface area contributed by atoms with Gasteiger partial charge in [0.1, 0.15) is 0 Å². The number of amides is 1. The maximum atomic E-state index is 13.0. The number of hydrogen-bond donors (Lipinski definition) is 2. The Morgan fingerprint density at radius 3 is 2.19 bits per heavy atom. The number of carbonyl (C=O) groups is 1. The lowest BCUT2D eigenvalue weighted by molar-refractivity contribution is 0.0925. The Bertz CT molecular complexity index is 1170. The van der Waals surface area contributed by atoms with E-state index in [2.05, 4.69) is 10.0 Å². The Labute approximate surface area is 184 Å². The average molecular weight is 437 g/mol. The third-order valence-electron chi connectivity index (χ3n) is 5.19. The third kappa shape index (κ3) is 5.52. The Morgan fingerprint density at radius 1 is 0.871 bits per heavy atom. The summed E-state index contributed by atoms with van der Waals surface area (Å²) in [6, 6.07) is 20.9. The van der Waals surface area contributed by atoms with Gasteiger partial charge in [0, 0.05) is 11.3 Å². The van der Waals surface area contributed by atoms with Crippen molar-refractivity contribution in [1.29, 1.82) is 0 Å². The van der Waals surface area contributed by atoms with E-state index in [9.17, 15) is 13.2 Å². The van der Waals surface area contributed by atoms with Crippen molar-refractivity contribution in [2.75, 3.05) is 4.72 Å². The minimum absolute atomic E-state index is 0.0395. The molecule has 0 aromatic heterocycles. The van der Waals surface area contributed by atoms with Crippen molar-refractivity contribution in [3.05, 3.63) is 95.1 Å². The van der Waals surface area contributed by atoms with Gasteiger partial charge in [-0.1, -0.05) is 61.9 Å². The Balaban J connectivity index is 1.83. The Kier molecular flexibility index (Phi) is 6.81. The number of aryl methyl sites for hydroxylation is 2. The number of carbonyl (C=O) groups excluding carboxylic acids is 1. The molecule has 3 aromatic rings. The van der Waals surface area contributed by atoms with Crippen LogP contribution in [-0.2, 0) is 10.0 Å². The molecule has 1 unspecified atom stereocenters. The number of sulfonamides is 1. The second-order valence-corrected chi connectivity index (χ2v) is 9.73.